The van der Waals surface area contributed by atoms with E-state index in [4.69, 9.17) is 4.74 Å². The molecule has 1 aromatic carbocycles. The van der Waals surface area contributed by atoms with Crippen LogP contribution in [0.5, 0.6) is 6.01 Å². The maximum atomic E-state index is 12.5. The van der Waals surface area contributed by atoms with Crippen LogP contribution in [-0.4, -0.2) is 34.0 Å². The Balaban J connectivity index is 1.96. The predicted octanol–water partition coefficient (Wildman–Crippen LogP) is 0.743. The van der Waals surface area contributed by atoms with Gasteiger partial charge in [0, 0.05) is 13.6 Å². The average molecular weight is 314 g/mol. The highest BCUT2D eigenvalue weighted by Gasteiger charge is 2.25. The minimum atomic E-state index is -0.216. The molecule has 0 radical (unpaired) electrons. The van der Waals surface area contributed by atoms with Crippen molar-refractivity contribution >= 4 is 11.7 Å². The van der Waals surface area contributed by atoms with Gasteiger partial charge in [0.05, 0.1) is 25.8 Å². The van der Waals surface area contributed by atoms with Crippen molar-refractivity contribution in [3.05, 3.63) is 51.8 Å². The van der Waals surface area contributed by atoms with Gasteiger partial charge < -0.3 is 15.0 Å². The molecule has 1 amide bonds. The lowest BCUT2D eigenvalue weighted by atomic mass is 10.2. The molecule has 1 aliphatic heterocycles. The van der Waals surface area contributed by atoms with Gasteiger partial charge in [-0.3, -0.25) is 14.2 Å². The Hall–Kier alpha value is -2.83. The monoisotopic (exact) mass is 314 g/mol. The third-order valence-corrected chi connectivity index (χ3v) is 3.85. The first-order valence-electron chi connectivity index (χ1n) is 7.29. The zero-order valence-corrected chi connectivity index (χ0v) is 13.1. The van der Waals surface area contributed by atoms with Crippen molar-refractivity contribution in [1.29, 1.82) is 0 Å². The number of ether oxygens (including phenoxy) is 1. The quantitative estimate of drug-likeness (QED) is 0.904. The molecule has 120 valence electrons. The molecule has 1 aromatic heterocycles. The van der Waals surface area contributed by atoms with Gasteiger partial charge in [-0.25, -0.2) is 0 Å². The molecule has 0 spiro atoms. The third kappa shape index (κ3) is 2.90. The molecule has 7 nitrogen and oxygen atoms in total. The molecule has 3 rings (SSSR count). The molecule has 0 unspecified atom stereocenters. The molecule has 0 saturated heterocycles. The third-order valence-electron chi connectivity index (χ3n) is 3.85. The second kappa shape index (κ2) is 6.12. The molecule has 0 saturated carbocycles. The Morgan fingerprint density at radius 1 is 1.26 bits per heavy atom. The summed E-state index contributed by atoms with van der Waals surface area (Å²) in [5, 5.41) is 2.94. The summed E-state index contributed by atoms with van der Waals surface area (Å²) in [4.78, 5) is 30.8. The van der Waals surface area contributed by atoms with Crippen LogP contribution in [0.25, 0.3) is 0 Å². The van der Waals surface area contributed by atoms with E-state index in [1.165, 1.54) is 11.7 Å². The number of hydrogen-bond donors (Lipinski definition) is 1. The van der Waals surface area contributed by atoms with Gasteiger partial charge in [0.1, 0.15) is 5.82 Å². The van der Waals surface area contributed by atoms with E-state index in [0.29, 0.717) is 17.9 Å². The van der Waals surface area contributed by atoms with Crippen molar-refractivity contribution in [3.63, 3.8) is 0 Å². The first-order valence-corrected chi connectivity index (χ1v) is 7.29. The molecular formula is C16H18N4O3. The maximum absolute atomic E-state index is 12.5. The summed E-state index contributed by atoms with van der Waals surface area (Å²) < 4.78 is 6.44. The van der Waals surface area contributed by atoms with Crippen LogP contribution >= 0.6 is 0 Å². The topological polar surface area (TPSA) is 76.5 Å². The number of carbonyl (C=O) groups is 1. The first kappa shape index (κ1) is 15.1. The lowest BCUT2D eigenvalue weighted by Gasteiger charge is -2.20. The molecule has 1 aliphatic rings. The van der Waals surface area contributed by atoms with Gasteiger partial charge in [-0.05, 0) is 5.56 Å². The highest BCUT2D eigenvalue weighted by Crippen LogP contribution is 2.19. The first-order chi connectivity index (χ1) is 11.1. The van der Waals surface area contributed by atoms with Crippen LogP contribution in [0.1, 0.15) is 11.1 Å². The van der Waals surface area contributed by atoms with Crippen LogP contribution < -0.4 is 15.6 Å². The summed E-state index contributed by atoms with van der Waals surface area (Å²) in [6.45, 7) is 0.777. The Morgan fingerprint density at radius 2 is 2.00 bits per heavy atom. The van der Waals surface area contributed by atoms with Gasteiger partial charge >= 0.3 is 6.01 Å². The Morgan fingerprint density at radius 3 is 2.70 bits per heavy atom. The molecule has 0 fully saturated rings. The highest BCUT2D eigenvalue weighted by atomic mass is 16.5. The summed E-state index contributed by atoms with van der Waals surface area (Å²) in [6, 6.07) is 9.90. The molecule has 23 heavy (non-hydrogen) atoms. The van der Waals surface area contributed by atoms with Crippen molar-refractivity contribution < 1.29 is 9.53 Å². The number of hydrogen-bond acceptors (Lipinski definition) is 5. The van der Waals surface area contributed by atoms with Crippen LogP contribution in [0, 0.1) is 0 Å². The normalized spacial score (nSPS) is 14.0. The zero-order valence-electron chi connectivity index (χ0n) is 13.1. The molecule has 0 bridgehead atoms. The SMILES string of the molecule is COc1nc2c(c(=O)n1C)CN(Cc1ccccc1)C(=O)CN2. The number of benzene rings is 1. The van der Waals surface area contributed by atoms with Crippen LogP contribution in [0.4, 0.5) is 5.82 Å². The van der Waals surface area contributed by atoms with E-state index in [1.807, 2.05) is 30.3 Å². The van der Waals surface area contributed by atoms with Gasteiger partial charge in [-0.1, -0.05) is 30.3 Å². The summed E-state index contributed by atoms with van der Waals surface area (Å²) in [5.74, 6) is 0.335. The van der Waals surface area contributed by atoms with Crippen LogP contribution in [0.2, 0.25) is 0 Å². The standard InChI is InChI=1S/C16H18N4O3/c1-19-15(22)12-10-20(9-11-6-4-3-5-7-11)13(21)8-17-14(12)18-16(19)23-2/h3-7,17H,8-10H2,1-2H3. The van der Waals surface area contributed by atoms with E-state index in [9.17, 15) is 9.59 Å². The number of amides is 1. The van der Waals surface area contributed by atoms with Gasteiger partial charge in [-0.2, -0.15) is 4.98 Å². The fourth-order valence-corrected chi connectivity index (χ4v) is 2.60. The summed E-state index contributed by atoms with van der Waals surface area (Å²) in [6.07, 6.45) is 0. The molecule has 2 heterocycles. The Kier molecular flexibility index (Phi) is 4.01. The number of fused-ring (bicyclic) bond motifs is 1. The van der Waals surface area contributed by atoms with E-state index >= 15 is 0 Å². The molecule has 1 N–H and O–H groups in total. The van der Waals surface area contributed by atoms with E-state index in [-0.39, 0.29) is 30.6 Å². The number of carbonyl (C=O) groups excluding carboxylic acids is 1. The largest absolute Gasteiger partial charge is 0.468 e. The van der Waals surface area contributed by atoms with E-state index in [1.54, 1.807) is 11.9 Å². The number of anilines is 1. The molecular weight excluding hydrogens is 296 g/mol. The molecule has 7 heteroatoms. The summed E-state index contributed by atoms with van der Waals surface area (Å²) >= 11 is 0. The minimum absolute atomic E-state index is 0.0760. The summed E-state index contributed by atoms with van der Waals surface area (Å²) in [7, 11) is 3.06. The maximum Gasteiger partial charge on any atom is 0.300 e. The minimum Gasteiger partial charge on any atom is -0.468 e. The highest BCUT2D eigenvalue weighted by molar-refractivity contribution is 5.82. The Labute approximate surface area is 133 Å². The second-order valence-electron chi connectivity index (χ2n) is 5.38. The van der Waals surface area contributed by atoms with Crippen molar-refractivity contribution in [2.24, 2.45) is 7.05 Å². The van der Waals surface area contributed by atoms with Crippen molar-refractivity contribution in [3.8, 4) is 6.01 Å². The van der Waals surface area contributed by atoms with Gasteiger partial charge in [0.15, 0.2) is 0 Å². The lowest BCUT2D eigenvalue weighted by molar-refractivity contribution is -0.130. The predicted molar refractivity (Wildman–Crippen MR) is 85.2 cm³/mol. The molecule has 0 atom stereocenters. The number of aromatic nitrogens is 2. The molecule has 2 aromatic rings. The average Bonchev–Trinajstić information content (AvgIpc) is 2.72. The fourth-order valence-electron chi connectivity index (χ4n) is 2.60. The van der Waals surface area contributed by atoms with Crippen molar-refractivity contribution in [2.45, 2.75) is 13.1 Å². The fraction of sp³-hybridized carbons (Fsp3) is 0.312. The smallest absolute Gasteiger partial charge is 0.300 e. The second-order valence-corrected chi connectivity index (χ2v) is 5.38. The van der Waals surface area contributed by atoms with Gasteiger partial charge in [-0.15, -0.1) is 0 Å². The number of nitrogens with one attached hydrogen (secondary N) is 1. The van der Waals surface area contributed by atoms with E-state index in [0.717, 1.165) is 5.56 Å². The Bertz CT molecular complexity index is 786. The number of methoxy groups -OCH3 is 1. The van der Waals surface area contributed by atoms with Crippen LogP contribution in [0.15, 0.2) is 35.1 Å². The van der Waals surface area contributed by atoms with Gasteiger partial charge in [0.25, 0.3) is 5.56 Å². The number of nitrogens with zero attached hydrogens (tertiary/aromatic N) is 3. The lowest BCUT2D eigenvalue weighted by Crippen LogP contribution is -2.33. The van der Waals surface area contributed by atoms with Crippen molar-refractivity contribution in [1.82, 2.24) is 14.5 Å². The van der Waals surface area contributed by atoms with E-state index < -0.39 is 0 Å². The van der Waals surface area contributed by atoms with Crippen LogP contribution in [-0.2, 0) is 24.9 Å². The van der Waals surface area contributed by atoms with Crippen LogP contribution in [0.3, 0.4) is 0 Å². The number of rotatable bonds is 3. The zero-order chi connectivity index (χ0) is 16.4. The van der Waals surface area contributed by atoms with E-state index in [2.05, 4.69) is 10.3 Å². The van der Waals surface area contributed by atoms with Crippen molar-refractivity contribution in [2.75, 3.05) is 19.0 Å². The van der Waals surface area contributed by atoms with Gasteiger partial charge in [0.2, 0.25) is 5.91 Å². The summed E-state index contributed by atoms with van der Waals surface area (Å²) in [5.41, 5.74) is 1.27. The molecule has 0 aliphatic carbocycles.